The molecule has 0 aromatic heterocycles. The largest absolute Gasteiger partial charge is 0.331 e. The maximum atomic E-state index is 13.2. The van der Waals surface area contributed by atoms with Crippen LogP contribution in [0.5, 0.6) is 0 Å². The van der Waals surface area contributed by atoms with Crippen molar-refractivity contribution in [2.24, 2.45) is 11.3 Å². The number of likely N-dealkylation sites (tertiary alicyclic amines) is 1. The molecule has 0 radical (unpaired) electrons. The summed E-state index contributed by atoms with van der Waals surface area (Å²) in [5.41, 5.74) is 0.937. The van der Waals surface area contributed by atoms with Crippen LogP contribution in [-0.4, -0.2) is 24.0 Å². The number of halogens is 1. The standard InChI is InChI=1S/C19H26FN3O/c1-19(2,3)12-17(15-4-6-16(20)7-5-15)22-18(24)23-10-8-14(13-21)9-11-23/h4-7,14,17H,8-12H2,1-3H3,(H,22,24). The molecule has 4 nitrogen and oxygen atoms in total. The first-order valence-electron chi connectivity index (χ1n) is 8.49. The third-order valence-electron chi connectivity index (χ3n) is 4.35. The number of nitriles is 1. The average Bonchev–Trinajstić information content (AvgIpc) is 2.53. The third kappa shape index (κ3) is 5.23. The molecule has 1 N–H and O–H groups in total. The maximum absolute atomic E-state index is 13.2. The van der Waals surface area contributed by atoms with Crippen LogP contribution in [0.2, 0.25) is 0 Å². The fourth-order valence-electron chi connectivity index (χ4n) is 3.01. The van der Waals surface area contributed by atoms with Crippen LogP contribution in [0, 0.1) is 28.5 Å². The van der Waals surface area contributed by atoms with Crippen LogP contribution >= 0.6 is 0 Å². The van der Waals surface area contributed by atoms with E-state index >= 15 is 0 Å². The molecule has 1 aromatic carbocycles. The van der Waals surface area contributed by atoms with Crippen molar-refractivity contribution in [1.29, 1.82) is 5.26 Å². The van der Waals surface area contributed by atoms with Gasteiger partial charge in [-0.1, -0.05) is 32.9 Å². The van der Waals surface area contributed by atoms with Gasteiger partial charge in [-0.05, 0) is 42.4 Å². The molecule has 2 amide bonds. The number of amides is 2. The van der Waals surface area contributed by atoms with Gasteiger partial charge in [0.1, 0.15) is 5.82 Å². The van der Waals surface area contributed by atoms with Crippen molar-refractivity contribution in [3.63, 3.8) is 0 Å². The smallest absolute Gasteiger partial charge is 0.317 e. The van der Waals surface area contributed by atoms with Crippen molar-refractivity contribution in [1.82, 2.24) is 10.2 Å². The Labute approximate surface area is 143 Å². The van der Waals surface area contributed by atoms with Crippen molar-refractivity contribution in [3.8, 4) is 6.07 Å². The molecule has 0 saturated carbocycles. The van der Waals surface area contributed by atoms with Gasteiger partial charge in [-0.2, -0.15) is 5.26 Å². The molecule has 1 heterocycles. The highest BCUT2D eigenvalue weighted by Gasteiger charge is 2.27. The number of nitrogens with zero attached hydrogens (tertiary/aromatic N) is 2. The van der Waals surface area contributed by atoms with Gasteiger partial charge < -0.3 is 10.2 Å². The fourth-order valence-corrected chi connectivity index (χ4v) is 3.01. The normalized spacial score (nSPS) is 17.2. The Balaban J connectivity index is 2.06. The Bertz CT molecular complexity index is 593. The predicted molar refractivity (Wildman–Crippen MR) is 91.7 cm³/mol. The fraction of sp³-hybridized carbons (Fsp3) is 0.579. The van der Waals surface area contributed by atoms with Crippen molar-refractivity contribution < 1.29 is 9.18 Å². The van der Waals surface area contributed by atoms with Gasteiger partial charge in [-0.3, -0.25) is 0 Å². The minimum atomic E-state index is -0.279. The van der Waals surface area contributed by atoms with Gasteiger partial charge in [0.15, 0.2) is 0 Å². The lowest BCUT2D eigenvalue weighted by Crippen LogP contribution is -2.46. The molecule has 0 spiro atoms. The first-order chi connectivity index (χ1) is 11.3. The highest BCUT2D eigenvalue weighted by molar-refractivity contribution is 5.74. The van der Waals surface area contributed by atoms with Crippen LogP contribution in [0.3, 0.4) is 0 Å². The molecule has 0 aliphatic carbocycles. The zero-order valence-corrected chi connectivity index (χ0v) is 14.7. The Morgan fingerprint density at radius 3 is 2.42 bits per heavy atom. The monoisotopic (exact) mass is 331 g/mol. The molecular formula is C19H26FN3O. The first-order valence-corrected chi connectivity index (χ1v) is 8.49. The van der Waals surface area contributed by atoms with Gasteiger partial charge in [0.05, 0.1) is 12.1 Å². The lowest BCUT2D eigenvalue weighted by Gasteiger charge is -2.33. The minimum Gasteiger partial charge on any atom is -0.331 e. The van der Waals surface area contributed by atoms with E-state index in [0.717, 1.165) is 24.8 Å². The molecule has 1 aromatic rings. The van der Waals surface area contributed by atoms with E-state index in [2.05, 4.69) is 32.2 Å². The average molecular weight is 331 g/mol. The van der Waals surface area contributed by atoms with Crippen molar-refractivity contribution in [3.05, 3.63) is 35.6 Å². The molecule has 24 heavy (non-hydrogen) atoms. The van der Waals surface area contributed by atoms with Crippen LogP contribution in [0.25, 0.3) is 0 Å². The lowest BCUT2D eigenvalue weighted by molar-refractivity contribution is 0.171. The summed E-state index contributed by atoms with van der Waals surface area (Å²) >= 11 is 0. The number of carbonyl (C=O) groups excluding carboxylic acids is 1. The number of hydrogen-bond acceptors (Lipinski definition) is 2. The van der Waals surface area contributed by atoms with E-state index in [1.807, 2.05) is 0 Å². The quantitative estimate of drug-likeness (QED) is 0.900. The van der Waals surface area contributed by atoms with Crippen molar-refractivity contribution >= 4 is 6.03 Å². The summed E-state index contributed by atoms with van der Waals surface area (Å²) in [5.74, 6) is -0.227. The third-order valence-corrected chi connectivity index (χ3v) is 4.35. The molecule has 0 bridgehead atoms. The Morgan fingerprint density at radius 1 is 1.33 bits per heavy atom. The summed E-state index contributed by atoms with van der Waals surface area (Å²) in [7, 11) is 0. The number of hydrogen-bond donors (Lipinski definition) is 1. The van der Waals surface area contributed by atoms with E-state index in [4.69, 9.17) is 5.26 Å². The van der Waals surface area contributed by atoms with Gasteiger partial charge in [0.25, 0.3) is 0 Å². The molecule has 2 rings (SSSR count). The van der Waals surface area contributed by atoms with E-state index in [-0.39, 0.29) is 29.2 Å². The van der Waals surface area contributed by atoms with Crippen LogP contribution in [-0.2, 0) is 0 Å². The summed E-state index contributed by atoms with van der Waals surface area (Å²) in [6.45, 7) is 7.57. The van der Waals surface area contributed by atoms with E-state index in [0.29, 0.717) is 13.1 Å². The van der Waals surface area contributed by atoms with Gasteiger partial charge in [-0.25, -0.2) is 9.18 Å². The van der Waals surface area contributed by atoms with Crippen molar-refractivity contribution in [2.75, 3.05) is 13.1 Å². The number of benzene rings is 1. The van der Waals surface area contributed by atoms with E-state index in [1.165, 1.54) is 12.1 Å². The highest BCUT2D eigenvalue weighted by atomic mass is 19.1. The molecule has 1 fully saturated rings. The number of nitrogens with one attached hydrogen (secondary N) is 1. The second-order valence-electron chi connectivity index (χ2n) is 7.71. The van der Waals surface area contributed by atoms with Crippen LogP contribution < -0.4 is 5.32 Å². The molecule has 130 valence electrons. The molecular weight excluding hydrogens is 305 g/mol. The number of rotatable bonds is 3. The highest BCUT2D eigenvalue weighted by Crippen LogP contribution is 2.30. The Morgan fingerprint density at radius 2 is 1.92 bits per heavy atom. The summed E-state index contributed by atoms with van der Waals surface area (Å²) < 4.78 is 13.2. The molecule has 5 heteroatoms. The Hall–Kier alpha value is -2.09. The molecule has 1 saturated heterocycles. The number of carbonyl (C=O) groups is 1. The number of urea groups is 1. The van der Waals surface area contributed by atoms with Gasteiger partial charge >= 0.3 is 6.03 Å². The topological polar surface area (TPSA) is 56.1 Å². The first kappa shape index (κ1) is 18.3. The predicted octanol–water partition coefficient (Wildman–Crippen LogP) is 4.25. The second-order valence-corrected chi connectivity index (χ2v) is 7.71. The maximum Gasteiger partial charge on any atom is 0.317 e. The summed E-state index contributed by atoms with van der Waals surface area (Å²) in [5, 5.41) is 12.1. The lowest BCUT2D eigenvalue weighted by atomic mass is 9.85. The van der Waals surface area contributed by atoms with Gasteiger partial charge in [0, 0.05) is 19.0 Å². The van der Waals surface area contributed by atoms with Crippen LogP contribution in [0.1, 0.15) is 51.6 Å². The minimum absolute atomic E-state index is 0.0279. The Kier molecular flexibility index (Phi) is 5.82. The number of piperidine rings is 1. The molecule has 1 unspecified atom stereocenters. The van der Waals surface area contributed by atoms with Gasteiger partial charge in [0.2, 0.25) is 0 Å². The summed E-state index contributed by atoms with van der Waals surface area (Å²) in [6, 6.07) is 8.32. The van der Waals surface area contributed by atoms with E-state index in [9.17, 15) is 9.18 Å². The zero-order chi connectivity index (χ0) is 17.7. The van der Waals surface area contributed by atoms with E-state index < -0.39 is 0 Å². The van der Waals surface area contributed by atoms with Gasteiger partial charge in [-0.15, -0.1) is 0 Å². The molecule has 1 atom stereocenters. The van der Waals surface area contributed by atoms with Crippen LogP contribution in [0.4, 0.5) is 9.18 Å². The molecule has 1 aliphatic heterocycles. The summed E-state index contributed by atoms with van der Waals surface area (Å²) in [4.78, 5) is 14.4. The summed E-state index contributed by atoms with van der Waals surface area (Å²) in [6.07, 6.45) is 2.22. The van der Waals surface area contributed by atoms with Crippen molar-refractivity contribution in [2.45, 2.75) is 46.1 Å². The zero-order valence-electron chi connectivity index (χ0n) is 14.7. The molecule has 1 aliphatic rings. The van der Waals surface area contributed by atoms with E-state index in [1.54, 1.807) is 17.0 Å². The SMILES string of the molecule is CC(C)(C)CC(NC(=O)N1CCC(C#N)CC1)c1ccc(F)cc1. The van der Waals surface area contributed by atoms with Crippen LogP contribution in [0.15, 0.2) is 24.3 Å². The second kappa shape index (κ2) is 7.65.